The number of non-ortho nitro benzene ring substituents is 1. The summed E-state index contributed by atoms with van der Waals surface area (Å²) in [6, 6.07) is 12.5. The second-order valence-corrected chi connectivity index (χ2v) is 5.42. The van der Waals surface area contributed by atoms with Gasteiger partial charge >= 0.3 is 6.16 Å². The second kappa shape index (κ2) is 7.56. The van der Waals surface area contributed by atoms with E-state index in [0.29, 0.717) is 5.75 Å². The van der Waals surface area contributed by atoms with Crippen LogP contribution in [0.2, 0.25) is 0 Å². The van der Waals surface area contributed by atoms with Crippen molar-refractivity contribution in [3.63, 3.8) is 0 Å². The van der Waals surface area contributed by atoms with E-state index in [1.165, 1.54) is 24.3 Å². The lowest BCUT2D eigenvalue weighted by molar-refractivity contribution is -0.384. The molecule has 0 saturated carbocycles. The van der Waals surface area contributed by atoms with E-state index in [0.717, 1.165) is 5.56 Å². The number of rotatable bonds is 5. The van der Waals surface area contributed by atoms with Gasteiger partial charge in [0.2, 0.25) is 0 Å². The van der Waals surface area contributed by atoms with Crippen LogP contribution in [0.15, 0.2) is 48.5 Å². The van der Waals surface area contributed by atoms with Crippen LogP contribution in [-0.4, -0.2) is 30.1 Å². The van der Waals surface area contributed by atoms with Crippen LogP contribution < -0.4 is 9.47 Å². The number of nitro benzene ring substituents is 1. The molecule has 7 heteroatoms. The minimum absolute atomic E-state index is 0.0823. The van der Waals surface area contributed by atoms with Crippen molar-refractivity contribution in [2.45, 2.75) is 13.0 Å². The minimum Gasteiger partial charge on any atom is -0.395 e. The van der Waals surface area contributed by atoms with Crippen molar-refractivity contribution in [3.8, 4) is 11.5 Å². The van der Waals surface area contributed by atoms with Crippen molar-refractivity contribution < 1.29 is 19.2 Å². The molecule has 0 radical (unpaired) electrons. The van der Waals surface area contributed by atoms with E-state index in [1.54, 1.807) is 18.2 Å². The van der Waals surface area contributed by atoms with E-state index in [2.05, 4.69) is 0 Å². The summed E-state index contributed by atoms with van der Waals surface area (Å²) in [7, 11) is 3.92. The first kappa shape index (κ1) is 17.4. The Hall–Kier alpha value is -2.93. The summed E-state index contributed by atoms with van der Waals surface area (Å²) >= 11 is 0. The first-order chi connectivity index (χ1) is 11.4. The third-order valence-electron chi connectivity index (χ3n) is 3.57. The number of hydrogen-bond acceptors (Lipinski definition) is 6. The molecule has 0 fully saturated rings. The Morgan fingerprint density at radius 2 is 1.71 bits per heavy atom. The highest BCUT2D eigenvalue weighted by Gasteiger charge is 2.12. The van der Waals surface area contributed by atoms with Gasteiger partial charge < -0.3 is 14.4 Å². The average molecular weight is 330 g/mol. The number of ether oxygens (including phenoxy) is 2. The molecule has 0 N–H and O–H groups in total. The molecule has 0 aliphatic heterocycles. The van der Waals surface area contributed by atoms with E-state index >= 15 is 0 Å². The molecule has 0 aliphatic rings. The Bertz CT molecular complexity index is 728. The van der Waals surface area contributed by atoms with E-state index in [4.69, 9.17) is 9.47 Å². The molecule has 1 unspecified atom stereocenters. The molecule has 0 amide bonds. The quantitative estimate of drug-likeness (QED) is 0.359. The molecule has 2 aromatic carbocycles. The normalized spacial score (nSPS) is 11.8. The zero-order valence-electron chi connectivity index (χ0n) is 13.6. The summed E-state index contributed by atoms with van der Waals surface area (Å²) in [4.78, 5) is 23.9. The van der Waals surface area contributed by atoms with Crippen LogP contribution in [0.3, 0.4) is 0 Å². The maximum Gasteiger partial charge on any atom is 0.519 e. The van der Waals surface area contributed by atoms with Crippen LogP contribution in [0.1, 0.15) is 18.5 Å². The fourth-order valence-corrected chi connectivity index (χ4v) is 1.99. The lowest BCUT2D eigenvalue weighted by Crippen LogP contribution is -2.17. The Labute approximate surface area is 139 Å². The van der Waals surface area contributed by atoms with Crippen molar-refractivity contribution in [1.82, 2.24) is 4.90 Å². The number of benzene rings is 2. The van der Waals surface area contributed by atoms with Gasteiger partial charge in [-0.2, -0.15) is 0 Å². The zero-order chi connectivity index (χ0) is 17.7. The van der Waals surface area contributed by atoms with Crippen LogP contribution in [-0.2, 0) is 0 Å². The van der Waals surface area contributed by atoms with Gasteiger partial charge in [-0.1, -0.05) is 12.1 Å². The van der Waals surface area contributed by atoms with Crippen molar-refractivity contribution >= 4 is 11.8 Å². The summed E-state index contributed by atoms with van der Waals surface area (Å²) in [5.41, 5.74) is 0.918. The lowest BCUT2D eigenvalue weighted by atomic mass is 10.1. The van der Waals surface area contributed by atoms with Gasteiger partial charge in [0.15, 0.2) is 0 Å². The molecule has 0 spiro atoms. The van der Waals surface area contributed by atoms with Crippen LogP contribution in [0.4, 0.5) is 10.5 Å². The highest BCUT2D eigenvalue weighted by Crippen LogP contribution is 2.23. The summed E-state index contributed by atoms with van der Waals surface area (Å²) in [6.45, 7) is 2.04. The van der Waals surface area contributed by atoms with Crippen LogP contribution in [0.5, 0.6) is 11.5 Å². The maximum absolute atomic E-state index is 11.8. The third-order valence-corrected chi connectivity index (χ3v) is 3.57. The zero-order valence-corrected chi connectivity index (χ0v) is 13.6. The van der Waals surface area contributed by atoms with E-state index in [9.17, 15) is 14.9 Å². The van der Waals surface area contributed by atoms with Crippen molar-refractivity contribution in [3.05, 3.63) is 64.2 Å². The molecule has 2 rings (SSSR count). The summed E-state index contributed by atoms with van der Waals surface area (Å²) < 4.78 is 10.2. The van der Waals surface area contributed by atoms with E-state index in [1.807, 2.05) is 32.0 Å². The molecule has 24 heavy (non-hydrogen) atoms. The molecule has 0 aliphatic carbocycles. The first-order valence-electron chi connectivity index (χ1n) is 7.27. The summed E-state index contributed by atoms with van der Waals surface area (Å²) in [6.07, 6.45) is -0.904. The van der Waals surface area contributed by atoms with Gasteiger partial charge in [-0.15, -0.1) is 0 Å². The molecule has 1 atom stereocenters. The smallest absolute Gasteiger partial charge is 0.395 e. The predicted molar refractivity (Wildman–Crippen MR) is 88.3 cm³/mol. The molecule has 0 heterocycles. The van der Waals surface area contributed by atoms with Crippen LogP contribution in [0, 0.1) is 10.1 Å². The third kappa shape index (κ3) is 4.53. The lowest BCUT2D eigenvalue weighted by Gasteiger charge is -2.20. The van der Waals surface area contributed by atoms with Crippen molar-refractivity contribution in [2.24, 2.45) is 0 Å². The standard InChI is InChI=1S/C17H18N2O5/c1-12(18(2)3)13-5-4-6-16(11-13)24-17(20)23-15-9-7-14(8-10-15)19(21)22/h4-12H,1-3H3. The Kier molecular flexibility index (Phi) is 5.49. The highest BCUT2D eigenvalue weighted by atomic mass is 16.7. The van der Waals surface area contributed by atoms with Gasteiger partial charge in [0.25, 0.3) is 5.69 Å². The predicted octanol–water partition coefficient (Wildman–Crippen LogP) is 3.80. The number of nitrogens with zero attached hydrogens (tertiary/aromatic N) is 2. The number of nitro groups is 1. The SMILES string of the molecule is CC(c1cccc(OC(=O)Oc2ccc([N+](=O)[O-])cc2)c1)N(C)C. The van der Waals surface area contributed by atoms with Gasteiger partial charge in [-0.05, 0) is 50.8 Å². The number of hydrogen-bond donors (Lipinski definition) is 0. The molecule has 0 saturated heterocycles. The first-order valence-corrected chi connectivity index (χ1v) is 7.27. The maximum atomic E-state index is 11.8. The fourth-order valence-electron chi connectivity index (χ4n) is 1.99. The van der Waals surface area contributed by atoms with Gasteiger partial charge in [0, 0.05) is 18.2 Å². The molecule has 0 aromatic heterocycles. The Morgan fingerprint density at radius 3 is 2.29 bits per heavy atom. The molecule has 126 valence electrons. The second-order valence-electron chi connectivity index (χ2n) is 5.42. The molecular weight excluding hydrogens is 312 g/mol. The topological polar surface area (TPSA) is 81.9 Å². The number of carbonyl (C=O) groups is 1. The monoisotopic (exact) mass is 330 g/mol. The molecular formula is C17H18N2O5. The van der Waals surface area contributed by atoms with Gasteiger partial charge in [-0.3, -0.25) is 10.1 Å². The summed E-state index contributed by atoms with van der Waals surface area (Å²) in [5, 5.41) is 10.6. The fraction of sp³-hybridized carbons (Fsp3) is 0.235. The average Bonchev–Trinajstić information content (AvgIpc) is 2.54. The van der Waals surface area contributed by atoms with Gasteiger partial charge in [0.05, 0.1) is 4.92 Å². The van der Waals surface area contributed by atoms with Crippen LogP contribution in [0.25, 0.3) is 0 Å². The largest absolute Gasteiger partial charge is 0.519 e. The van der Waals surface area contributed by atoms with Crippen LogP contribution >= 0.6 is 0 Å². The van der Waals surface area contributed by atoms with Crippen molar-refractivity contribution in [1.29, 1.82) is 0 Å². The Balaban J connectivity index is 2.02. The minimum atomic E-state index is -0.904. The highest BCUT2D eigenvalue weighted by molar-refractivity contribution is 5.67. The van der Waals surface area contributed by atoms with E-state index in [-0.39, 0.29) is 17.5 Å². The van der Waals surface area contributed by atoms with Crippen molar-refractivity contribution in [2.75, 3.05) is 14.1 Å². The van der Waals surface area contributed by atoms with E-state index < -0.39 is 11.1 Å². The van der Waals surface area contributed by atoms with Gasteiger partial charge in [0.1, 0.15) is 11.5 Å². The summed E-state index contributed by atoms with van der Waals surface area (Å²) in [5.74, 6) is 0.538. The Morgan fingerprint density at radius 1 is 1.08 bits per heavy atom. The molecule has 2 aromatic rings. The molecule has 0 bridgehead atoms. The molecule has 7 nitrogen and oxygen atoms in total. The number of carbonyl (C=O) groups excluding carboxylic acids is 1. The van der Waals surface area contributed by atoms with Gasteiger partial charge in [-0.25, -0.2) is 4.79 Å².